The van der Waals surface area contributed by atoms with Gasteiger partial charge >= 0.3 is 0 Å². The minimum Gasteiger partial charge on any atom is -0.267 e. The predicted octanol–water partition coefficient (Wildman–Crippen LogP) is 3.56. The Bertz CT molecular complexity index is 795. The van der Waals surface area contributed by atoms with Crippen LogP contribution >= 0.6 is 11.3 Å². The SMILES string of the molecule is Cc1ccc(C(=O)NNC(=O)c2cc3c(s2)CC[C@H](C)C3)c(C)c1. The minimum atomic E-state index is -0.296. The average Bonchev–Trinajstić information content (AvgIpc) is 2.95. The summed E-state index contributed by atoms with van der Waals surface area (Å²) < 4.78 is 0. The number of hydrogen-bond donors (Lipinski definition) is 2. The second-order valence-electron chi connectivity index (χ2n) is 6.63. The molecule has 0 radical (unpaired) electrons. The number of amides is 2. The van der Waals surface area contributed by atoms with Crippen LogP contribution < -0.4 is 10.9 Å². The third-order valence-electron chi connectivity index (χ3n) is 4.47. The third-order valence-corrected chi connectivity index (χ3v) is 5.70. The highest BCUT2D eigenvalue weighted by Crippen LogP contribution is 2.32. The summed E-state index contributed by atoms with van der Waals surface area (Å²) in [7, 11) is 0. The van der Waals surface area contributed by atoms with Crippen molar-refractivity contribution in [1.82, 2.24) is 10.9 Å². The summed E-state index contributed by atoms with van der Waals surface area (Å²) >= 11 is 1.53. The van der Waals surface area contributed by atoms with Gasteiger partial charge in [-0.1, -0.05) is 24.6 Å². The molecule has 1 aromatic carbocycles. The molecule has 2 aromatic rings. The van der Waals surface area contributed by atoms with Crippen molar-refractivity contribution in [1.29, 1.82) is 0 Å². The summed E-state index contributed by atoms with van der Waals surface area (Å²) in [5, 5.41) is 0. The van der Waals surface area contributed by atoms with Crippen LogP contribution in [0.25, 0.3) is 0 Å². The maximum Gasteiger partial charge on any atom is 0.279 e. The number of benzene rings is 1. The zero-order valence-electron chi connectivity index (χ0n) is 14.2. The van der Waals surface area contributed by atoms with E-state index in [1.807, 2.05) is 32.0 Å². The Kier molecular flexibility index (Phi) is 4.71. The molecule has 2 amide bonds. The average molecular weight is 342 g/mol. The van der Waals surface area contributed by atoms with Crippen LogP contribution in [0.1, 0.15) is 54.9 Å². The summed E-state index contributed by atoms with van der Waals surface area (Å²) in [6, 6.07) is 7.58. The minimum absolute atomic E-state index is 0.250. The number of hydrogen-bond acceptors (Lipinski definition) is 3. The molecule has 4 nitrogen and oxygen atoms in total. The van der Waals surface area contributed by atoms with Crippen LogP contribution in [0.3, 0.4) is 0 Å². The van der Waals surface area contributed by atoms with E-state index < -0.39 is 0 Å². The van der Waals surface area contributed by atoms with E-state index in [0.717, 1.165) is 24.0 Å². The van der Waals surface area contributed by atoms with Gasteiger partial charge in [-0.15, -0.1) is 11.3 Å². The molecule has 126 valence electrons. The zero-order valence-corrected chi connectivity index (χ0v) is 15.0. The molecule has 0 bridgehead atoms. The first-order valence-electron chi connectivity index (χ1n) is 8.23. The van der Waals surface area contributed by atoms with E-state index in [1.54, 1.807) is 6.07 Å². The molecule has 1 aromatic heterocycles. The second-order valence-corrected chi connectivity index (χ2v) is 7.77. The lowest BCUT2D eigenvalue weighted by atomic mass is 9.90. The van der Waals surface area contributed by atoms with Crippen LogP contribution in [0.15, 0.2) is 24.3 Å². The van der Waals surface area contributed by atoms with E-state index in [1.165, 1.54) is 28.2 Å². The third kappa shape index (κ3) is 3.51. The number of rotatable bonds is 2. The molecule has 0 fully saturated rings. The van der Waals surface area contributed by atoms with Crippen molar-refractivity contribution in [3.8, 4) is 0 Å². The first-order valence-corrected chi connectivity index (χ1v) is 9.05. The lowest BCUT2D eigenvalue weighted by Gasteiger charge is -2.16. The molecule has 2 N–H and O–H groups in total. The normalized spacial score (nSPS) is 16.4. The molecule has 24 heavy (non-hydrogen) atoms. The molecular weight excluding hydrogens is 320 g/mol. The maximum absolute atomic E-state index is 12.3. The topological polar surface area (TPSA) is 58.2 Å². The molecule has 1 heterocycles. The molecule has 3 rings (SSSR count). The smallest absolute Gasteiger partial charge is 0.267 e. The van der Waals surface area contributed by atoms with Crippen molar-refractivity contribution < 1.29 is 9.59 Å². The lowest BCUT2D eigenvalue weighted by Crippen LogP contribution is -2.41. The lowest BCUT2D eigenvalue weighted by molar-refractivity contribution is 0.0848. The van der Waals surface area contributed by atoms with Gasteiger partial charge < -0.3 is 0 Å². The van der Waals surface area contributed by atoms with Crippen molar-refractivity contribution in [2.75, 3.05) is 0 Å². The van der Waals surface area contributed by atoms with E-state index in [0.29, 0.717) is 16.4 Å². The van der Waals surface area contributed by atoms with Gasteiger partial charge in [0.25, 0.3) is 11.8 Å². The summed E-state index contributed by atoms with van der Waals surface area (Å²) in [6.45, 7) is 6.11. The number of carbonyl (C=O) groups is 2. The Morgan fingerprint density at radius 3 is 2.62 bits per heavy atom. The molecule has 0 saturated carbocycles. The highest BCUT2D eigenvalue weighted by molar-refractivity contribution is 7.14. The molecule has 0 spiro atoms. The van der Waals surface area contributed by atoms with Gasteiger partial charge in [0.1, 0.15) is 0 Å². The van der Waals surface area contributed by atoms with Gasteiger partial charge in [0.05, 0.1) is 4.88 Å². The first kappa shape index (κ1) is 16.7. The van der Waals surface area contributed by atoms with Gasteiger partial charge in [-0.3, -0.25) is 20.4 Å². The highest BCUT2D eigenvalue weighted by Gasteiger charge is 2.21. The van der Waals surface area contributed by atoms with E-state index >= 15 is 0 Å². The van der Waals surface area contributed by atoms with Crippen molar-refractivity contribution in [3.63, 3.8) is 0 Å². The second kappa shape index (κ2) is 6.77. The molecular formula is C19H22N2O2S. The molecule has 0 saturated heterocycles. The van der Waals surface area contributed by atoms with Gasteiger partial charge in [-0.25, -0.2) is 0 Å². The Morgan fingerprint density at radius 1 is 1.12 bits per heavy atom. The first-order chi connectivity index (χ1) is 11.4. The van der Waals surface area contributed by atoms with Crippen LogP contribution in [0, 0.1) is 19.8 Å². The molecule has 1 aliphatic rings. The monoisotopic (exact) mass is 342 g/mol. The van der Waals surface area contributed by atoms with Crippen molar-refractivity contribution in [3.05, 3.63) is 56.3 Å². The molecule has 5 heteroatoms. The molecule has 0 unspecified atom stereocenters. The van der Waals surface area contributed by atoms with E-state index in [2.05, 4.69) is 17.8 Å². The number of aryl methyl sites for hydroxylation is 3. The number of hydrazine groups is 1. The number of carbonyl (C=O) groups excluding carboxylic acids is 2. The summed E-state index contributed by atoms with van der Waals surface area (Å²) in [5.41, 5.74) is 8.89. The largest absolute Gasteiger partial charge is 0.279 e. The predicted molar refractivity (Wildman–Crippen MR) is 96.4 cm³/mol. The number of nitrogens with one attached hydrogen (secondary N) is 2. The Morgan fingerprint density at radius 2 is 1.88 bits per heavy atom. The summed E-state index contributed by atoms with van der Waals surface area (Å²) in [5.74, 6) is 0.128. The van der Waals surface area contributed by atoms with Crippen LogP contribution in [-0.4, -0.2) is 11.8 Å². The fourth-order valence-electron chi connectivity index (χ4n) is 3.13. The van der Waals surface area contributed by atoms with Gasteiger partial charge in [0, 0.05) is 10.4 Å². The number of fused-ring (bicyclic) bond motifs is 1. The van der Waals surface area contributed by atoms with Gasteiger partial charge in [-0.05, 0) is 62.3 Å². The van der Waals surface area contributed by atoms with E-state index in [-0.39, 0.29) is 11.8 Å². The van der Waals surface area contributed by atoms with Crippen molar-refractivity contribution in [2.45, 2.75) is 40.0 Å². The van der Waals surface area contributed by atoms with Gasteiger partial charge in [0.15, 0.2) is 0 Å². The van der Waals surface area contributed by atoms with Crippen LogP contribution in [0.5, 0.6) is 0 Å². The standard InChI is InChI=1S/C19H22N2O2S/c1-11-4-6-15(13(3)8-11)18(22)20-21-19(23)17-10-14-9-12(2)5-7-16(14)24-17/h4,6,8,10,12H,5,7,9H2,1-3H3,(H,20,22)(H,21,23)/t12-/m0/s1. The fourth-order valence-corrected chi connectivity index (χ4v) is 4.23. The quantitative estimate of drug-likeness (QED) is 0.820. The molecule has 1 atom stereocenters. The number of thiophene rings is 1. The van der Waals surface area contributed by atoms with Crippen LogP contribution in [0.2, 0.25) is 0 Å². The highest BCUT2D eigenvalue weighted by atomic mass is 32.1. The van der Waals surface area contributed by atoms with E-state index in [4.69, 9.17) is 0 Å². The summed E-state index contributed by atoms with van der Waals surface area (Å²) in [6.07, 6.45) is 3.26. The molecule has 1 aliphatic carbocycles. The van der Waals surface area contributed by atoms with E-state index in [9.17, 15) is 9.59 Å². The Labute approximate surface area is 146 Å². The van der Waals surface area contributed by atoms with Gasteiger partial charge in [-0.2, -0.15) is 0 Å². The van der Waals surface area contributed by atoms with Crippen molar-refractivity contribution >= 4 is 23.2 Å². The van der Waals surface area contributed by atoms with Crippen LogP contribution in [0.4, 0.5) is 0 Å². The van der Waals surface area contributed by atoms with Gasteiger partial charge in [0.2, 0.25) is 0 Å². The zero-order chi connectivity index (χ0) is 17.3. The Balaban J connectivity index is 1.64. The summed E-state index contributed by atoms with van der Waals surface area (Å²) in [4.78, 5) is 26.5. The Hall–Kier alpha value is -2.14. The maximum atomic E-state index is 12.3. The van der Waals surface area contributed by atoms with Crippen molar-refractivity contribution in [2.24, 2.45) is 5.92 Å². The van der Waals surface area contributed by atoms with Crippen LogP contribution in [-0.2, 0) is 12.8 Å². The molecule has 0 aliphatic heterocycles. The fraction of sp³-hybridized carbons (Fsp3) is 0.368.